The first-order valence-electron chi connectivity index (χ1n) is 10.8. The van der Waals surface area contributed by atoms with Crippen molar-refractivity contribution in [2.45, 2.75) is 63.1 Å². The first-order chi connectivity index (χ1) is 15.2. The number of nitrogens with one attached hydrogen (secondary N) is 2. The maximum absolute atomic E-state index is 12.7. The molecule has 1 aliphatic heterocycles. The summed E-state index contributed by atoms with van der Waals surface area (Å²) in [7, 11) is 0. The average molecular weight is 457 g/mol. The van der Waals surface area contributed by atoms with Crippen LogP contribution in [-0.4, -0.2) is 84.0 Å². The molecule has 0 saturated carbocycles. The fraction of sp³-hybridized carbons (Fsp3) is 0.737. The molecule has 0 aromatic carbocycles. The molecular formula is C19H36N8O5. The highest BCUT2D eigenvalue weighted by Crippen LogP contribution is 2.17. The first-order valence-corrected chi connectivity index (χ1v) is 10.8. The summed E-state index contributed by atoms with van der Waals surface area (Å²) >= 11 is 0. The molecule has 13 nitrogen and oxygen atoms in total. The zero-order valence-corrected chi connectivity index (χ0v) is 18.3. The van der Waals surface area contributed by atoms with Gasteiger partial charge in [0.1, 0.15) is 12.1 Å². The van der Waals surface area contributed by atoms with Gasteiger partial charge in [-0.3, -0.25) is 19.4 Å². The molecule has 1 rings (SSSR count). The quantitative estimate of drug-likeness (QED) is 0.0809. The van der Waals surface area contributed by atoms with Gasteiger partial charge in [-0.2, -0.15) is 0 Å². The number of unbranched alkanes of at least 4 members (excludes halogenated alkanes) is 1. The summed E-state index contributed by atoms with van der Waals surface area (Å²) in [5, 5.41) is 14.3. The molecule has 3 atom stereocenters. The van der Waals surface area contributed by atoms with Crippen LogP contribution < -0.4 is 33.6 Å². The Balaban J connectivity index is 2.67. The van der Waals surface area contributed by atoms with E-state index in [0.717, 1.165) is 6.42 Å². The van der Waals surface area contributed by atoms with E-state index >= 15 is 0 Å². The fourth-order valence-electron chi connectivity index (χ4n) is 3.40. The lowest BCUT2D eigenvalue weighted by Crippen LogP contribution is -2.53. The molecule has 0 bridgehead atoms. The van der Waals surface area contributed by atoms with Gasteiger partial charge in [-0.1, -0.05) is 6.42 Å². The highest BCUT2D eigenvalue weighted by Gasteiger charge is 2.34. The summed E-state index contributed by atoms with van der Waals surface area (Å²) in [6.45, 7) is 0.711. The van der Waals surface area contributed by atoms with E-state index in [1.807, 2.05) is 0 Å². The molecule has 1 heterocycles. The molecule has 1 fully saturated rings. The van der Waals surface area contributed by atoms with Crippen LogP contribution in [0.3, 0.4) is 0 Å². The molecule has 1 aliphatic rings. The van der Waals surface area contributed by atoms with Gasteiger partial charge >= 0.3 is 5.97 Å². The number of carbonyl (C=O) groups is 4. The van der Waals surface area contributed by atoms with Crippen molar-refractivity contribution >= 4 is 29.7 Å². The van der Waals surface area contributed by atoms with Gasteiger partial charge < -0.3 is 43.6 Å². The van der Waals surface area contributed by atoms with Crippen LogP contribution in [0.5, 0.6) is 0 Å². The number of nitrogens with two attached hydrogens (primary N) is 4. The molecule has 0 aliphatic carbocycles. The summed E-state index contributed by atoms with van der Waals surface area (Å²) in [6.07, 6.45) is 3.43. The normalized spacial score (nSPS) is 17.3. The monoisotopic (exact) mass is 456 g/mol. The third-order valence-electron chi connectivity index (χ3n) is 5.16. The molecule has 0 spiro atoms. The van der Waals surface area contributed by atoms with Gasteiger partial charge in [0.2, 0.25) is 17.7 Å². The Morgan fingerprint density at radius 2 is 1.81 bits per heavy atom. The topological polar surface area (TPSA) is 232 Å². The number of hydrogen-bond acceptors (Lipinski definition) is 7. The summed E-state index contributed by atoms with van der Waals surface area (Å²) in [5.74, 6) is -2.71. The Morgan fingerprint density at radius 3 is 2.44 bits per heavy atom. The Labute approximate surface area is 187 Å². The number of aliphatic imine (C=N–C) groups is 1. The number of carbonyl (C=O) groups excluding carboxylic acids is 3. The van der Waals surface area contributed by atoms with Gasteiger partial charge in [0, 0.05) is 13.1 Å². The number of nitrogens with zero attached hydrogens (tertiary/aromatic N) is 2. The van der Waals surface area contributed by atoms with Gasteiger partial charge in [-0.05, 0) is 45.1 Å². The van der Waals surface area contributed by atoms with E-state index in [0.29, 0.717) is 45.2 Å². The second-order valence-corrected chi connectivity index (χ2v) is 7.70. The zero-order valence-electron chi connectivity index (χ0n) is 18.3. The van der Waals surface area contributed by atoms with Gasteiger partial charge in [-0.25, -0.2) is 4.79 Å². The van der Waals surface area contributed by atoms with Crippen LogP contribution in [0.1, 0.15) is 44.9 Å². The number of carboxylic acid groups (broad SMARTS) is 1. The highest BCUT2D eigenvalue weighted by atomic mass is 16.4. The van der Waals surface area contributed by atoms with Crippen LogP contribution in [0, 0.1) is 0 Å². The van der Waals surface area contributed by atoms with E-state index in [1.165, 1.54) is 4.90 Å². The molecule has 3 amide bonds. The van der Waals surface area contributed by atoms with E-state index in [4.69, 9.17) is 22.9 Å². The summed E-state index contributed by atoms with van der Waals surface area (Å²) in [4.78, 5) is 53.8. The summed E-state index contributed by atoms with van der Waals surface area (Å²) in [6, 6.07) is -2.63. The lowest BCUT2D eigenvalue weighted by atomic mass is 10.1. The molecular weight excluding hydrogens is 420 g/mol. The number of hydrogen-bond donors (Lipinski definition) is 7. The van der Waals surface area contributed by atoms with Crippen LogP contribution >= 0.6 is 0 Å². The Bertz CT molecular complexity index is 683. The lowest BCUT2D eigenvalue weighted by Gasteiger charge is -2.23. The van der Waals surface area contributed by atoms with Crippen LogP contribution in [0.15, 0.2) is 4.99 Å². The summed E-state index contributed by atoms with van der Waals surface area (Å²) < 4.78 is 0. The number of likely N-dealkylation sites (tertiary alicyclic amines) is 1. The number of rotatable bonds is 14. The van der Waals surface area contributed by atoms with Crippen molar-refractivity contribution in [3.63, 3.8) is 0 Å². The lowest BCUT2D eigenvalue weighted by molar-refractivity contribution is -0.148. The molecule has 0 aromatic heterocycles. The third-order valence-corrected chi connectivity index (χ3v) is 5.16. The van der Waals surface area contributed by atoms with E-state index in [-0.39, 0.29) is 25.5 Å². The SMILES string of the molecule is NCCCCC(N)C(=O)NC(CCCN=C(N)N)C(=O)NCC(=O)N1CCCC1C(=O)O. The second-order valence-electron chi connectivity index (χ2n) is 7.70. The minimum atomic E-state index is -1.07. The van der Waals surface area contributed by atoms with Crippen LogP contribution in [0.2, 0.25) is 0 Å². The van der Waals surface area contributed by atoms with Crippen LogP contribution in [-0.2, 0) is 19.2 Å². The maximum atomic E-state index is 12.7. The van der Waals surface area contributed by atoms with Gasteiger partial charge in [-0.15, -0.1) is 0 Å². The van der Waals surface area contributed by atoms with Crippen molar-refractivity contribution in [3.05, 3.63) is 0 Å². The molecule has 32 heavy (non-hydrogen) atoms. The number of carboxylic acids is 1. The minimum Gasteiger partial charge on any atom is -0.480 e. The molecule has 182 valence electrons. The first kappa shape index (κ1) is 27.1. The van der Waals surface area contributed by atoms with Crippen molar-refractivity contribution in [2.75, 3.05) is 26.2 Å². The minimum absolute atomic E-state index is 0.0823. The Morgan fingerprint density at radius 1 is 1.09 bits per heavy atom. The Kier molecular flexibility index (Phi) is 12.0. The molecule has 3 unspecified atom stereocenters. The number of aliphatic carboxylic acids is 1. The average Bonchev–Trinajstić information content (AvgIpc) is 3.24. The standard InChI is InChI=1S/C19H36N8O5/c20-8-2-1-5-12(21)16(29)26-13(6-3-9-24-19(22)23)17(30)25-11-15(28)27-10-4-7-14(27)18(31)32/h12-14H,1-11,20-21H2,(H,25,30)(H,26,29)(H,31,32)(H4,22,23,24). The fourth-order valence-corrected chi connectivity index (χ4v) is 3.40. The zero-order chi connectivity index (χ0) is 24.1. The third kappa shape index (κ3) is 9.47. The van der Waals surface area contributed by atoms with Gasteiger partial charge in [0.25, 0.3) is 0 Å². The van der Waals surface area contributed by atoms with Gasteiger partial charge in [0.15, 0.2) is 5.96 Å². The van der Waals surface area contributed by atoms with E-state index < -0.39 is 41.8 Å². The molecule has 0 radical (unpaired) electrons. The van der Waals surface area contributed by atoms with Crippen molar-refractivity contribution < 1.29 is 24.3 Å². The van der Waals surface area contributed by atoms with Crippen molar-refractivity contribution in [3.8, 4) is 0 Å². The van der Waals surface area contributed by atoms with Crippen LogP contribution in [0.25, 0.3) is 0 Å². The van der Waals surface area contributed by atoms with Crippen molar-refractivity contribution in [1.29, 1.82) is 0 Å². The van der Waals surface area contributed by atoms with Crippen LogP contribution in [0.4, 0.5) is 0 Å². The summed E-state index contributed by atoms with van der Waals surface area (Å²) in [5.41, 5.74) is 21.9. The second kappa shape index (κ2) is 14.2. The predicted molar refractivity (Wildman–Crippen MR) is 118 cm³/mol. The Hall–Kier alpha value is -2.93. The van der Waals surface area contributed by atoms with E-state index in [1.54, 1.807) is 0 Å². The molecule has 11 N–H and O–H groups in total. The van der Waals surface area contributed by atoms with E-state index in [2.05, 4.69) is 15.6 Å². The maximum Gasteiger partial charge on any atom is 0.326 e. The van der Waals surface area contributed by atoms with Gasteiger partial charge in [0.05, 0.1) is 12.6 Å². The predicted octanol–water partition coefficient (Wildman–Crippen LogP) is -2.83. The molecule has 0 aromatic rings. The number of amides is 3. The van der Waals surface area contributed by atoms with E-state index in [9.17, 15) is 24.3 Å². The smallest absolute Gasteiger partial charge is 0.326 e. The molecule has 13 heteroatoms. The van der Waals surface area contributed by atoms with Crippen molar-refractivity contribution in [2.24, 2.45) is 27.9 Å². The van der Waals surface area contributed by atoms with Crippen molar-refractivity contribution in [1.82, 2.24) is 15.5 Å². The number of guanidine groups is 1. The largest absolute Gasteiger partial charge is 0.480 e. The molecule has 1 saturated heterocycles. The highest BCUT2D eigenvalue weighted by molar-refractivity contribution is 5.92.